The van der Waals surface area contributed by atoms with Gasteiger partial charge in [0.05, 0.1) is 10.9 Å². The predicted molar refractivity (Wildman–Crippen MR) is 123 cm³/mol. The zero-order chi connectivity index (χ0) is 20.0. The van der Waals surface area contributed by atoms with Crippen LogP contribution < -0.4 is 11.2 Å². The Morgan fingerprint density at radius 1 is 0.967 bits per heavy atom. The highest BCUT2D eigenvalue weighted by molar-refractivity contribution is 6.33. The molecule has 2 aromatic carbocycles. The van der Waals surface area contributed by atoms with Crippen LogP contribution in [0.1, 0.15) is 24.8 Å². The minimum absolute atomic E-state index is 0. The molecule has 1 aliphatic carbocycles. The summed E-state index contributed by atoms with van der Waals surface area (Å²) < 4.78 is 6.16. The largest absolute Gasteiger partial charge is 0.452 e. The molecule has 2 heterocycles. The quantitative estimate of drug-likeness (QED) is 0.402. The first-order valence-corrected chi connectivity index (χ1v) is 10.0. The zero-order valence-electron chi connectivity index (χ0n) is 16.1. The maximum atomic E-state index is 13.5. The van der Waals surface area contributed by atoms with Gasteiger partial charge in [-0.05, 0) is 36.5 Å². The van der Waals surface area contributed by atoms with Crippen LogP contribution in [0, 0.1) is 0 Å². The topological polar surface area (TPSA) is 69.1 Å². The van der Waals surface area contributed by atoms with Crippen molar-refractivity contribution in [3.8, 4) is 22.5 Å². The summed E-state index contributed by atoms with van der Waals surface area (Å²) >= 11 is 6.22. The van der Waals surface area contributed by atoms with Gasteiger partial charge in [-0.25, -0.2) is 4.98 Å². The van der Waals surface area contributed by atoms with Crippen molar-refractivity contribution in [1.82, 2.24) is 4.98 Å². The lowest BCUT2D eigenvalue weighted by Gasteiger charge is -2.38. The normalized spacial score (nSPS) is 14.7. The Hall–Kier alpha value is -2.66. The molecular formula is C24H20Cl2N2O2. The molecule has 0 radical (unpaired) electrons. The molecule has 0 atom stereocenters. The van der Waals surface area contributed by atoms with E-state index in [1.54, 1.807) is 6.07 Å². The maximum Gasteiger partial charge on any atom is 0.201 e. The van der Waals surface area contributed by atoms with Gasteiger partial charge in [0.1, 0.15) is 5.76 Å². The molecular weight excluding hydrogens is 419 g/mol. The van der Waals surface area contributed by atoms with E-state index in [1.807, 2.05) is 54.6 Å². The van der Waals surface area contributed by atoms with E-state index in [0.29, 0.717) is 22.3 Å². The average Bonchev–Trinajstić information content (AvgIpc) is 2.73. The van der Waals surface area contributed by atoms with Crippen molar-refractivity contribution in [2.45, 2.75) is 24.8 Å². The summed E-state index contributed by atoms with van der Waals surface area (Å²) in [6.07, 6.45) is 4.65. The number of nitrogens with two attached hydrogens (primary N) is 1. The third-order valence-corrected chi connectivity index (χ3v) is 6.06. The lowest BCUT2D eigenvalue weighted by molar-refractivity contribution is 0.253. The summed E-state index contributed by atoms with van der Waals surface area (Å²) in [5.41, 5.74) is 9.59. The van der Waals surface area contributed by atoms with Crippen molar-refractivity contribution in [2.24, 2.45) is 5.73 Å². The van der Waals surface area contributed by atoms with E-state index in [4.69, 9.17) is 21.8 Å². The Kier molecular flexibility index (Phi) is 5.41. The highest BCUT2D eigenvalue weighted by atomic mass is 35.5. The third-order valence-electron chi connectivity index (χ3n) is 5.79. The first kappa shape index (κ1) is 20.6. The first-order chi connectivity index (χ1) is 14.1. The fraction of sp³-hybridized carbons (Fsp3) is 0.167. The number of hydrogen-bond donors (Lipinski definition) is 1. The van der Waals surface area contributed by atoms with Crippen molar-refractivity contribution in [3.05, 3.63) is 87.8 Å². The Morgan fingerprint density at radius 3 is 2.30 bits per heavy atom. The molecule has 1 saturated carbocycles. The van der Waals surface area contributed by atoms with E-state index in [-0.39, 0.29) is 28.5 Å². The molecule has 0 amide bonds. The van der Waals surface area contributed by atoms with E-state index in [9.17, 15) is 4.79 Å². The molecule has 1 fully saturated rings. The molecule has 6 heteroatoms. The Bertz CT molecular complexity index is 1260. The second-order valence-corrected chi connectivity index (χ2v) is 7.92. The lowest BCUT2D eigenvalue weighted by Crippen LogP contribution is -2.43. The van der Waals surface area contributed by atoms with Crippen molar-refractivity contribution < 1.29 is 4.42 Å². The monoisotopic (exact) mass is 438 g/mol. The minimum atomic E-state index is -0.242. The van der Waals surface area contributed by atoms with E-state index in [2.05, 4.69) is 4.98 Å². The fourth-order valence-electron chi connectivity index (χ4n) is 3.96. The van der Waals surface area contributed by atoms with Gasteiger partial charge in [0.25, 0.3) is 0 Å². The second-order valence-electron chi connectivity index (χ2n) is 7.57. The summed E-state index contributed by atoms with van der Waals surface area (Å²) in [7, 11) is 0. The van der Waals surface area contributed by atoms with Crippen LogP contribution in [0.15, 0.2) is 76.1 Å². The van der Waals surface area contributed by atoms with Gasteiger partial charge in [0.2, 0.25) is 5.43 Å². The summed E-state index contributed by atoms with van der Waals surface area (Å²) in [6.45, 7) is 0. The summed E-state index contributed by atoms with van der Waals surface area (Å²) in [4.78, 5) is 17.5. The maximum absolute atomic E-state index is 13.5. The molecule has 5 rings (SSSR count). The van der Waals surface area contributed by atoms with E-state index < -0.39 is 0 Å². The number of rotatable bonds is 3. The molecule has 0 bridgehead atoms. The lowest BCUT2D eigenvalue weighted by atomic mass is 9.72. The van der Waals surface area contributed by atoms with E-state index >= 15 is 0 Å². The number of nitrogens with zero attached hydrogens (tertiary/aromatic N) is 1. The van der Waals surface area contributed by atoms with Crippen LogP contribution in [0.25, 0.3) is 33.4 Å². The Balaban J connectivity index is 0.00000218. The van der Waals surface area contributed by atoms with Gasteiger partial charge < -0.3 is 10.2 Å². The fourth-order valence-corrected chi connectivity index (χ4v) is 4.16. The molecule has 30 heavy (non-hydrogen) atoms. The molecule has 152 valence electrons. The Labute approximate surface area is 185 Å². The van der Waals surface area contributed by atoms with Crippen molar-refractivity contribution in [2.75, 3.05) is 0 Å². The molecule has 0 unspecified atom stereocenters. The standard InChI is InChI=1S/C24H19ClN2O2.ClH/c25-23-22-18(11-14-27-23)20(28)19(21(29-22)16-5-2-1-3-6-16)15-7-9-17(10-8-15)24(26)12-4-13-24;/h1-3,5-11,14H,4,12-13,26H2;1H. The van der Waals surface area contributed by atoms with Gasteiger partial charge in [-0.3, -0.25) is 4.79 Å². The van der Waals surface area contributed by atoms with Crippen LogP contribution in [0.3, 0.4) is 0 Å². The van der Waals surface area contributed by atoms with Gasteiger partial charge in [-0.15, -0.1) is 12.4 Å². The third kappa shape index (κ3) is 3.31. The van der Waals surface area contributed by atoms with Crippen molar-refractivity contribution in [3.63, 3.8) is 0 Å². The summed E-state index contributed by atoms with van der Waals surface area (Å²) in [5, 5.41) is 0.590. The van der Waals surface area contributed by atoms with Crippen molar-refractivity contribution in [1.29, 1.82) is 0 Å². The van der Waals surface area contributed by atoms with Gasteiger partial charge in [0, 0.05) is 17.3 Å². The van der Waals surface area contributed by atoms with Gasteiger partial charge in [-0.1, -0.05) is 66.2 Å². The number of benzene rings is 2. The number of pyridine rings is 1. The molecule has 0 spiro atoms. The highest BCUT2D eigenvalue weighted by Gasteiger charge is 2.34. The molecule has 1 aliphatic rings. The number of hydrogen-bond acceptors (Lipinski definition) is 4. The van der Waals surface area contributed by atoms with Crippen LogP contribution in [0.2, 0.25) is 5.15 Å². The van der Waals surface area contributed by atoms with Crippen LogP contribution in [-0.2, 0) is 5.54 Å². The van der Waals surface area contributed by atoms with Crippen LogP contribution in [-0.4, -0.2) is 4.98 Å². The van der Waals surface area contributed by atoms with Crippen LogP contribution in [0.4, 0.5) is 0 Å². The van der Waals surface area contributed by atoms with E-state index in [1.165, 1.54) is 6.20 Å². The van der Waals surface area contributed by atoms with E-state index in [0.717, 1.165) is 36.0 Å². The molecule has 4 aromatic rings. The minimum Gasteiger partial charge on any atom is -0.452 e. The van der Waals surface area contributed by atoms with Crippen molar-refractivity contribution >= 4 is 35.0 Å². The SMILES string of the molecule is Cl.NC1(c2ccc(-c3c(-c4ccccc4)oc4c(Cl)nccc4c3=O)cc2)CCC1. The molecule has 2 N–H and O–H groups in total. The van der Waals surface area contributed by atoms with Gasteiger partial charge >= 0.3 is 0 Å². The van der Waals surface area contributed by atoms with Crippen LogP contribution in [0.5, 0.6) is 0 Å². The van der Waals surface area contributed by atoms with Crippen LogP contribution >= 0.6 is 24.0 Å². The smallest absolute Gasteiger partial charge is 0.201 e. The summed E-state index contributed by atoms with van der Waals surface area (Å²) in [6, 6.07) is 19.2. The number of fused-ring (bicyclic) bond motifs is 1. The summed E-state index contributed by atoms with van der Waals surface area (Å²) in [5.74, 6) is 0.483. The molecule has 0 saturated heterocycles. The zero-order valence-corrected chi connectivity index (χ0v) is 17.7. The molecule has 0 aliphatic heterocycles. The molecule has 2 aromatic heterocycles. The number of aromatic nitrogens is 1. The first-order valence-electron chi connectivity index (χ1n) is 9.63. The van der Waals surface area contributed by atoms with Gasteiger partial charge in [-0.2, -0.15) is 0 Å². The second kappa shape index (κ2) is 7.88. The average molecular weight is 439 g/mol. The highest BCUT2D eigenvalue weighted by Crippen LogP contribution is 2.40. The number of halogens is 2. The predicted octanol–water partition coefficient (Wildman–Crippen LogP) is 5.94. The Morgan fingerprint density at radius 2 is 1.67 bits per heavy atom. The van der Waals surface area contributed by atoms with Gasteiger partial charge in [0.15, 0.2) is 10.7 Å². The molecule has 4 nitrogen and oxygen atoms in total.